The van der Waals surface area contributed by atoms with Crippen molar-refractivity contribution >= 4 is 56.6 Å². The minimum absolute atomic E-state index is 0.0904. The molecule has 0 spiro atoms. The maximum absolute atomic E-state index is 11.5. The van der Waals surface area contributed by atoms with Crippen LogP contribution in [0.1, 0.15) is 41.4 Å². The first kappa shape index (κ1) is 25.6. The van der Waals surface area contributed by atoms with E-state index in [9.17, 15) is 39.6 Å². The summed E-state index contributed by atoms with van der Waals surface area (Å²) in [6, 6.07) is 25.7. The van der Waals surface area contributed by atoms with E-state index in [1.165, 1.54) is 48.5 Å². The van der Waals surface area contributed by atoms with Gasteiger partial charge in [0.15, 0.2) is 0 Å². The molecular formula is C28H20O8Sn. The van der Waals surface area contributed by atoms with Crippen LogP contribution in [0.25, 0.3) is 0 Å². The standard InChI is InChI=1S/4C7H5O2.Sn/c4*8-7(9)6-4-2-1-3-5-6;/h4*2-5H,(H,8,9);. The van der Waals surface area contributed by atoms with Crippen molar-refractivity contribution in [2.24, 2.45) is 0 Å². The van der Waals surface area contributed by atoms with Gasteiger partial charge in [-0.1, -0.05) is 0 Å². The summed E-state index contributed by atoms with van der Waals surface area (Å²) in [6.45, 7) is 0. The fourth-order valence-corrected chi connectivity index (χ4v) is 17.8. The topological polar surface area (TPSA) is 149 Å². The van der Waals surface area contributed by atoms with E-state index in [2.05, 4.69) is 0 Å². The minimum atomic E-state index is -4.39. The van der Waals surface area contributed by atoms with Gasteiger partial charge in [-0.05, 0) is 0 Å². The van der Waals surface area contributed by atoms with Crippen molar-refractivity contribution in [3.8, 4) is 0 Å². The first-order valence-electron chi connectivity index (χ1n) is 11.0. The molecule has 0 saturated heterocycles. The van der Waals surface area contributed by atoms with Crippen LogP contribution in [0.15, 0.2) is 97.1 Å². The summed E-state index contributed by atoms with van der Waals surface area (Å²) in [5.41, 5.74) is 0.362. The molecular weight excluding hydrogens is 583 g/mol. The van der Waals surface area contributed by atoms with Crippen LogP contribution in [-0.4, -0.2) is 62.7 Å². The monoisotopic (exact) mass is 604 g/mol. The third-order valence-corrected chi connectivity index (χ3v) is 20.0. The fourth-order valence-electron chi connectivity index (χ4n) is 4.45. The Labute approximate surface area is 215 Å². The molecule has 4 N–H and O–H groups in total. The zero-order chi connectivity index (χ0) is 26.7. The Kier molecular flexibility index (Phi) is 7.12. The van der Waals surface area contributed by atoms with Gasteiger partial charge in [-0.15, -0.1) is 0 Å². The number of carboxylic acid groups (broad SMARTS) is 4. The van der Waals surface area contributed by atoms with Crippen LogP contribution in [0.3, 0.4) is 0 Å². The number of rotatable bonds is 8. The Morgan fingerprint density at radius 2 is 0.514 bits per heavy atom. The van der Waals surface area contributed by atoms with Crippen LogP contribution < -0.4 is 14.3 Å². The van der Waals surface area contributed by atoms with Gasteiger partial charge in [-0.2, -0.15) is 0 Å². The summed E-state index contributed by atoms with van der Waals surface area (Å²) in [5.74, 6) is -4.35. The van der Waals surface area contributed by atoms with Gasteiger partial charge >= 0.3 is 215 Å². The molecule has 9 heteroatoms. The molecule has 0 unspecified atom stereocenters. The predicted octanol–water partition coefficient (Wildman–Crippen LogP) is 1.86. The van der Waals surface area contributed by atoms with Crippen LogP contribution >= 0.6 is 0 Å². The van der Waals surface area contributed by atoms with Crippen LogP contribution in [0, 0.1) is 0 Å². The Balaban J connectivity index is 2.09. The van der Waals surface area contributed by atoms with Gasteiger partial charge in [0.25, 0.3) is 0 Å². The predicted molar refractivity (Wildman–Crippen MR) is 138 cm³/mol. The molecule has 4 rings (SSSR count). The molecule has 0 atom stereocenters. The van der Waals surface area contributed by atoms with Crippen LogP contribution in [0.5, 0.6) is 0 Å². The number of aromatic carboxylic acids is 4. The van der Waals surface area contributed by atoms with E-state index in [1.54, 1.807) is 48.5 Å². The van der Waals surface area contributed by atoms with Gasteiger partial charge in [0, 0.05) is 0 Å². The molecule has 0 aliphatic rings. The zero-order valence-electron chi connectivity index (χ0n) is 19.2. The first-order chi connectivity index (χ1) is 17.6. The summed E-state index contributed by atoms with van der Waals surface area (Å²) in [7, 11) is 0. The van der Waals surface area contributed by atoms with E-state index >= 15 is 0 Å². The molecule has 0 aliphatic carbocycles. The van der Waals surface area contributed by atoms with E-state index in [1.807, 2.05) is 0 Å². The second-order valence-electron chi connectivity index (χ2n) is 8.28. The molecule has 0 radical (unpaired) electrons. The number of carboxylic acids is 4. The van der Waals surface area contributed by atoms with E-state index in [0.29, 0.717) is 0 Å². The van der Waals surface area contributed by atoms with Crippen LogP contribution in [-0.2, 0) is 0 Å². The second kappa shape index (κ2) is 10.3. The maximum atomic E-state index is 11.5. The van der Waals surface area contributed by atoms with E-state index in [4.69, 9.17) is 0 Å². The van der Waals surface area contributed by atoms with E-state index < -0.39 is 42.3 Å². The molecule has 0 bridgehead atoms. The van der Waals surface area contributed by atoms with Crippen molar-refractivity contribution in [3.05, 3.63) is 119 Å². The summed E-state index contributed by atoms with van der Waals surface area (Å²) in [6.07, 6.45) is 0. The van der Waals surface area contributed by atoms with E-state index in [-0.39, 0.29) is 22.3 Å². The molecule has 0 amide bonds. The summed E-state index contributed by atoms with van der Waals surface area (Å²) in [5, 5.41) is 37.7. The number of benzene rings is 4. The van der Waals surface area contributed by atoms with E-state index in [0.717, 1.165) is 14.3 Å². The Bertz CT molecular complexity index is 1250. The van der Waals surface area contributed by atoms with Gasteiger partial charge in [-0.25, -0.2) is 0 Å². The van der Waals surface area contributed by atoms with Crippen molar-refractivity contribution in [3.63, 3.8) is 0 Å². The molecule has 4 aromatic carbocycles. The molecule has 0 heterocycles. The third kappa shape index (κ3) is 4.83. The number of hydrogen-bond donors (Lipinski definition) is 4. The van der Waals surface area contributed by atoms with Gasteiger partial charge in [0.2, 0.25) is 0 Å². The summed E-state index contributed by atoms with van der Waals surface area (Å²) < 4.78 is 3.25. The van der Waals surface area contributed by atoms with Crippen LogP contribution in [0.4, 0.5) is 0 Å². The van der Waals surface area contributed by atoms with Crippen molar-refractivity contribution < 1.29 is 39.6 Å². The molecule has 0 fully saturated rings. The Morgan fingerprint density at radius 3 is 0.649 bits per heavy atom. The van der Waals surface area contributed by atoms with Crippen molar-refractivity contribution in [1.82, 2.24) is 0 Å². The number of carbonyl (C=O) groups is 4. The average Bonchev–Trinajstić information content (AvgIpc) is 2.90. The first-order valence-corrected chi connectivity index (χ1v) is 16.7. The molecule has 4 aromatic rings. The van der Waals surface area contributed by atoms with Crippen LogP contribution in [0.2, 0.25) is 0 Å². The molecule has 0 aromatic heterocycles. The normalized spacial score (nSPS) is 11.0. The SMILES string of the molecule is O=C(O)c1cc[c]([Sn]([c]2ccc(C(=O)O)cc2)([c]2ccc(C(=O)O)cc2)[c]2ccc(C(=O)O)cc2)cc1. The van der Waals surface area contributed by atoms with Gasteiger partial charge in [0.1, 0.15) is 0 Å². The van der Waals surface area contributed by atoms with Gasteiger partial charge in [-0.3, -0.25) is 0 Å². The average molecular weight is 603 g/mol. The summed E-state index contributed by atoms with van der Waals surface area (Å²) >= 11 is -4.39. The summed E-state index contributed by atoms with van der Waals surface area (Å²) in [4.78, 5) is 46.1. The van der Waals surface area contributed by atoms with Gasteiger partial charge in [0.05, 0.1) is 0 Å². The molecule has 184 valence electrons. The Hall–Kier alpha value is -4.44. The third-order valence-electron chi connectivity index (χ3n) is 6.26. The number of hydrogen-bond acceptors (Lipinski definition) is 4. The molecule has 0 aliphatic heterocycles. The molecule has 8 nitrogen and oxygen atoms in total. The second-order valence-corrected chi connectivity index (χ2v) is 19.2. The zero-order valence-corrected chi connectivity index (χ0v) is 22.0. The molecule has 0 saturated carbocycles. The quantitative estimate of drug-likeness (QED) is 0.223. The van der Waals surface area contributed by atoms with Crippen molar-refractivity contribution in [2.75, 3.05) is 0 Å². The fraction of sp³-hybridized carbons (Fsp3) is 0. The molecule has 37 heavy (non-hydrogen) atoms. The Morgan fingerprint density at radius 1 is 0.351 bits per heavy atom. The van der Waals surface area contributed by atoms with Gasteiger partial charge < -0.3 is 0 Å². The van der Waals surface area contributed by atoms with Crippen molar-refractivity contribution in [1.29, 1.82) is 0 Å². The van der Waals surface area contributed by atoms with Crippen molar-refractivity contribution in [2.45, 2.75) is 0 Å².